The van der Waals surface area contributed by atoms with Crippen LogP contribution < -0.4 is 0 Å². The molecule has 0 bridgehead atoms. The lowest BCUT2D eigenvalue weighted by molar-refractivity contribution is -0.167. The summed E-state index contributed by atoms with van der Waals surface area (Å²) >= 11 is 0. The maximum atomic E-state index is 13.0. The third kappa shape index (κ3) is 65.0. The quantitative estimate of drug-likeness (QED) is 0.0261. The maximum absolute atomic E-state index is 13.0. The summed E-state index contributed by atoms with van der Waals surface area (Å²) in [5.74, 6) is -0.838. The van der Waals surface area contributed by atoms with Crippen LogP contribution in [0.2, 0.25) is 0 Å². The first-order valence-electron chi connectivity index (χ1n) is 35.7. The van der Waals surface area contributed by atoms with Gasteiger partial charge in [0.25, 0.3) is 0 Å². The largest absolute Gasteiger partial charge is 0.462 e. The third-order valence-electron chi connectivity index (χ3n) is 16.5. The lowest BCUT2D eigenvalue weighted by Crippen LogP contribution is -2.30. The Hall–Kier alpha value is -1.85. The van der Waals surface area contributed by atoms with Gasteiger partial charge in [-0.25, -0.2) is 0 Å². The highest BCUT2D eigenvalue weighted by atomic mass is 16.6. The predicted molar refractivity (Wildman–Crippen MR) is 340 cm³/mol. The zero-order valence-corrected chi connectivity index (χ0v) is 53.2. The number of hydrogen-bond acceptors (Lipinski definition) is 6. The van der Waals surface area contributed by atoms with E-state index in [9.17, 15) is 14.4 Å². The molecule has 0 aliphatic rings. The Morgan fingerprint density at radius 3 is 0.641 bits per heavy atom. The standard InChI is InChI=1S/C72H138O6/c1-4-7-10-13-16-19-22-25-28-30-32-34-36-38-40-42-44-47-50-53-56-59-62-65-71(74)77-68-69(67-76-70(73)64-61-58-55-52-49-46-27-24-21-18-15-12-9-6-3)78-72(75)66-63-60-57-54-51-48-45-43-41-39-37-35-33-31-29-26-23-20-17-14-11-8-5-2/h24,27,69H,4-23,25-26,28-68H2,1-3H3/b27-24-. The lowest BCUT2D eigenvalue weighted by atomic mass is 10.0. The van der Waals surface area contributed by atoms with E-state index >= 15 is 0 Å². The van der Waals surface area contributed by atoms with E-state index < -0.39 is 6.10 Å². The summed E-state index contributed by atoms with van der Waals surface area (Å²) in [5, 5.41) is 0. The summed E-state index contributed by atoms with van der Waals surface area (Å²) in [5.41, 5.74) is 0. The minimum Gasteiger partial charge on any atom is -0.462 e. The lowest BCUT2D eigenvalue weighted by Gasteiger charge is -2.18. The Morgan fingerprint density at radius 2 is 0.423 bits per heavy atom. The Morgan fingerprint density at radius 1 is 0.244 bits per heavy atom. The minimum absolute atomic E-state index is 0.0656. The van der Waals surface area contributed by atoms with Gasteiger partial charge in [0.1, 0.15) is 13.2 Å². The van der Waals surface area contributed by atoms with Gasteiger partial charge in [0, 0.05) is 19.3 Å². The number of esters is 3. The molecular weight excluding hydrogens is 961 g/mol. The number of allylic oxidation sites excluding steroid dienone is 2. The van der Waals surface area contributed by atoms with Crippen LogP contribution in [0.25, 0.3) is 0 Å². The van der Waals surface area contributed by atoms with E-state index in [1.807, 2.05) is 0 Å². The third-order valence-corrected chi connectivity index (χ3v) is 16.5. The van der Waals surface area contributed by atoms with Crippen molar-refractivity contribution in [1.29, 1.82) is 0 Å². The smallest absolute Gasteiger partial charge is 0.306 e. The number of ether oxygens (including phenoxy) is 3. The molecule has 0 saturated carbocycles. The molecular formula is C72H138O6. The molecule has 6 nitrogen and oxygen atoms in total. The SMILES string of the molecule is CCCCCCC/C=C\CCCCCCCC(=O)OCC(COC(=O)CCCCCCCCCCCCCCCCCCCCCCCCC)OC(=O)CCCCCCCCCCCCCCCCCCCCCCCCC. The molecule has 0 aromatic heterocycles. The van der Waals surface area contributed by atoms with Crippen LogP contribution in [0.1, 0.15) is 412 Å². The summed E-state index contributed by atoms with van der Waals surface area (Å²) < 4.78 is 17.0. The molecule has 0 rings (SSSR count). The fourth-order valence-electron chi connectivity index (χ4n) is 11.2. The molecule has 0 aromatic carbocycles. The number of carbonyl (C=O) groups is 3. The van der Waals surface area contributed by atoms with Crippen LogP contribution in [-0.2, 0) is 28.6 Å². The molecule has 0 aliphatic heterocycles. The van der Waals surface area contributed by atoms with Gasteiger partial charge in [-0.15, -0.1) is 0 Å². The van der Waals surface area contributed by atoms with E-state index in [0.717, 1.165) is 64.2 Å². The maximum Gasteiger partial charge on any atom is 0.306 e. The fourth-order valence-corrected chi connectivity index (χ4v) is 11.2. The van der Waals surface area contributed by atoms with Gasteiger partial charge < -0.3 is 14.2 Å². The monoisotopic (exact) mass is 1100 g/mol. The van der Waals surface area contributed by atoms with E-state index in [4.69, 9.17) is 14.2 Å². The number of unbranched alkanes of at least 4 members (excludes halogenated alkanes) is 54. The molecule has 0 N–H and O–H groups in total. The van der Waals surface area contributed by atoms with Crippen molar-refractivity contribution < 1.29 is 28.6 Å². The van der Waals surface area contributed by atoms with Gasteiger partial charge in [-0.3, -0.25) is 14.4 Å². The molecule has 462 valence electrons. The molecule has 0 radical (unpaired) electrons. The van der Waals surface area contributed by atoms with Gasteiger partial charge in [-0.05, 0) is 44.9 Å². The second kappa shape index (κ2) is 67.7. The molecule has 78 heavy (non-hydrogen) atoms. The molecule has 1 unspecified atom stereocenters. The fraction of sp³-hybridized carbons (Fsp3) is 0.931. The Bertz CT molecular complexity index is 1210. The molecule has 0 heterocycles. The van der Waals surface area contributed by atoms with Crippen molar-refractivity contribution in [3.05, 3.63) is 12.2 Å². The average molecular weight is 1100 g/mol. The normalized spacial score (nSPS) is 12.0. The topological polar surface area (TPSA) is 78.9 Å². The van der Waals surface area contributed by atoms with Crippen LogP contribution in [-0.4, -0.2) is 37.2 Å². The van der Waals surface area contributed by atoms with Crippen LogP contribution in [0.3, 0.4) is 0 Å². The van der Waals surface area contributed by atoms with Gasteiger partial charge in [-0.1, -0.05) is 360 Å². The van der Waals surface area contributed by atoms with Crippen molar-refractivity contribution in [2.75, 3.05) is 13.2 Å². The van der Waals surface area contributed by atoms with Crippen LogP contribution >= 0.6 is 0 Å². The molecule has 0 saturated heterocycles. The zero-order chi connectivity index (χ0) is 56.4. The van der Waals surface area contributed by atoms with Crippen molar-refractivity contribution in [1.82, 2.24) is 0 Å². The van der Waals surface area contributed by atoms with E-state index in [2.05, 4.69) is 32.9 Å². The number of carbonyl (C=O) groups excluding carboxylic acids is 3. The Labute approximate surface area is 488 Å². The Balaban J connectivity index is 4.23. The molecule has 0 spiro atoms. The van der Waals surface area contributed by atoms with E-state index in [1.165, 1.54) is 308 Å². The average Bonchev–Trinajstić information content (AvgIpc) is 3.44. The zero-order valence-electron chi connectivity index (χ0n) is 53.2. The van der Waals surface area contributed by atoms with Crippen molar-refractivity contribution in [3.63, 3.8) is 0 Å². The van der Waals surface area contributed by atoms with Crippen molar-refractivity contribution in [2.24, 2.45) is 0 Å². The highest BCUT2D eigenvalue weighted by molar-refractivity contribution is 5.71. The van der Waals surface area contributed by atoms with Gasteiger partial charge in [-0.2, -0.15) is 0 Å². The van der Waals surface area contributed by atoms with Crippen molar-refractivity contribution >= 4 is 17.9 Å². The first-order chi connectivity index (χ1) is 38.5. The predicted octanol–water partition coefficient (Wildman–Crippen LogP) is 24.4. The minimum atomic E-state index is -0.770. The summed E-state index contributed by atoms with van der Waals surface area (Å²) in [6.07, 6.45) is 81.0. The summed E-state index contributed by atoms with van der Waals surface area (Å²) in [6, 6.07) is 0. The second-order valence-electron chi connectivity index (χ2n) is 24.5. The Kier molecular flexibility index (Phi) is 66.0. The van der Waals surface area contributed by atoms with Crippen LogP contribution in [0.5, 0.6) is 0 Å². The molecule has 0 amide bonds. The van der Waals surface area contributed by atoms with Crippen LogP contribution in [0.4, 0.5) is 0 Å². The number of hydrogen-bond donors (Lipinski definition) is 0. The van der Waals surface area contributed by atoms with E-state index in [-0.39, 0.29) is 31.1 Å². The number of rotatable bonds is 67. The van der Waals surface area contributed by atoms with Gasteiger partial charge in [0.15, 0.2) is 6.10 Å². The first-order valence-corrected chi connectivity index (χ1v) is 35.7. The summed E-state index contributed by atoms with van der Waals surface area (Å²) in [7, 11) is 0. The van der Waals surface area contributed by atoms with E-state index in [1.54, 1.807) is 0 Å². The molecule has 0 aromatic rings. The van der Waals surface area contributed by atoms with E-state index in [0.29, 0.717) is 19.3 Å². The molecule has 1 atom stereocenters. The molecule has 0 fully saturated rings. The van der Waals surface area contributed by atoms with Crippen molar-refractivity contribution in [2.45, 2.75) is 419 Å². The van der Waals surface area contributed by atoms with Crippen LogP contribution in [0.15, 0.2) is 12.2 Å². The first kappa shape index (κ1) is 76.1. The van der Waals surface area contributed by atoms with Crippen molar-refractivity contribution in [3.8, 4) is 0 Å². The van der Waals surface area contributed by atoms with Gasteiger partial charge in [0.05, 0.1) is 0 Å². The van der Waals surface area contributed by atoms with Gasteiger partial charge in [0.2, 0.25) is 0 Å². The summed E-state index contributed by atoms with van der Waals surface area (Å²) in [6.45, 7) is 6.72. The second-order valence-corrected chi connectivity index (χ2v) is 24.5. The molecule has 0 aliphatic carbocycles. The van der Waals surface area contributed by atoms with Gasteiger partial charge >= 0.3 is 17.9 Å². The summed E-state index contributed by atoms with van der Waals surface area (Å²) in [4.78, 5) is 38.4. The molecule has 6 heteroatoms. The highest BCUT2D eigenvalue weighted by Crippen LogP contribution is 2.19. The highest BCUT2D eigenvalue weighted by Gasteiger charge is 2.19. The van der Waals surface area contributed by atoms with Crippen LogP contribution in [0, 0.1) is 0 Å².